The smallest absolute Gasteiger partial charge is 0.326 e. The number of carbonyl (C=O) groups excluding carboxylic acids is 2. The summed E-state index contributed by atoms with van der Waals surface area (Å²) >= 11 is 0. The Kier molecular flexibility index (Phi) is 5.59. The van der Waals surface area contributed by atoms with Crippen molar-refractivity contribution in [2.24, 2.45) is 0 Å². The van der Waals surface area contributed by atoms with Gasteiger partial charge in [0.15, 0.2) is 0 Å². The number of carbonyl (C=O) groups is 2. The number of anilines is 2. The number of benzene rings is 2. The van der Waals surface area contributed by atoms with Gasteiger partial charge >= 0.3 is 6.18 Å². The third kappa shape index (κ3) is 5.80. The van der Waals surface area contributed by atoms with E-state index in [0.29, 0.717) is 11.4 Å². The number of halogens is 3. The summed E-state index contributed by atoms with van der Waals surface area (Å²) in [4.78, 5) is 22.8. The molecule has 2 aromatic carbocycles. The summed E-state index contributed by atoms with van der Waals surface area (Å²) in [6.45, 7) is 1.38. The van der Waals surface area contributed by atoms with Gasteiger partial charge in [0.05, 0.1) is 5.56 Å². The van der Waals surface area contributed by atoms with Gasteiger partial charge in [-0.05, 0) is 48.0 Å². The molecule has 0 spiro atoms. The second-order valence-electron chi connectivity index (χ2n) is 5.20. The molecular formula is C18H15F3N2O2. The van der Waals surface area contributed by atoms with Crippen LogP contribution in [-0.2, 0) is 15.8 Å². The third-order valence-electron chi connectivity index (χ3n) is 3.11. The average Bonchev–Trinajstić information content (AvgIpc) is 2.54. The molecule has 0 heterocycles. The minimum Gasteiger partial charge on any atom is -0.326 e. The molecule has 4 nitrogen and oxygen atoms in total. The summed E-state index contributed by atoms with van der Waals surface area (Å²) in [5.41, 5.74) is 0.576. The lowest BCUT2D eigenvalue weighted by molar-refractivity contribution is -0.137. The molecule has 0 saturated heterocycles. The van der Waals surface area contributed by atoms with Crippen LogP contribution in [0.25, 0.3) is 6.08 Å². The van der Waals surface area contributed by atoms with Gasteiger partial charge < -0.3 is 10.6 Å². The molecule has 0 aromatic heterocycles. The van der Waals surface area contributed by atoms with Crippen LogP contribution >= 0.6 is 0 Å². The van der Waals surface area contributed by atoms with Crippen molar-refractivity contribution >= 4 is 29.3 Å². The molecular weight excluding hydrogens is 333 g/mol. The van der Waals surface area contributed by atoms with Crippen molar-refractivity contribution in [2.75, 3.05) is 10.6 Å². The van der Waals surface area contributed by atoms with E-state index in [1.54, 1.807) is 24.3 Å². The van der Waals surface area contributed by atoms with Crippen molar-refractivity contribution < 1.29 is 22.8 Å². The van der Waals surface area contributed by atoms with Gasteiger partial charge in [0.2, 0.25) is 11.8 Å². The van der Waals surface area contributed by atoms with Crippen LogP contribution < -0.4 is 10.6 Å². The van der Waals surface area contributed by atoms with Crippen LogP contribution in [0.1, 0.15) is 18.1 Å². The van der Waals surface area contributed by atoms with E-state index in [2.05, 4.69) is 10.6 Å². The average molecular weight is 348 g/mol. The first-order valence-corrected chi connectivity index (χ1v) is 7.28. The molecule has 0 aliphatic carbocycles. The van der Waals surface area contributed by atoms with E-state index < -0.39 is 17.6 Å². The van der Waals surface area contributed by atoms with Gasteiger partial charge in [-0.3, -0.25) is 9.59 Å². The Morgan fingerprint density at radius 3 is 2.12 bits per heavy atom. The lowest BCUT2D eigenvalue weighted by Gasteiger charge is -2.07. The summed E-state index contributed by atoms with van der Waals surface area (Å²) < 4.78 is 37.9. The summed E-state index contributed by atoms with van der Waals surface area (Å²) in [5, 5.41) is 5.17. The third-order valence-corrected chi connectivity index (χ3v) is 3.11. The molecule has 2 rings (SSSR count). The molecule has 0 atom stereocenters. The van der Waals surface area contributed by atoms with Crippen LogP contribution in [0.3, 0.4) is 0 Å². The number of amides is 2. The summed E-state index contributed by atoms with van der Waals surface area (Å²) in [6, 6.07) is 11.1. The van der Waals surface area contributed by atoms with E-state index in [0.717, 1.165) is 18.2 Å². The number of hydrogen-bond acceptors (Lipinski definition) is 2. The summed E-state index contributed by atoms with van der Waals surface area (Å²) in [5.74, 6) is -0.689. The molecule has 25 heavy (non-hydrogen) atoms. The van der Waals surface area contributed by atoms with E-state index >= 15 is 0 Å². The maximum Gasteiger partial charge on any atom is 0.416 e. The van der Waals surface area contributed by atoms with Crippen molar-refractivity contribution in [3.63, 3.8) is 0 Å². The summed E-state index contributed by atoms with van der Waals surface area (Å²) in [7, 11) is 0. The Hall–Kier alpha value is -3.09. The zero-order valence-electron chi connectivity index (χ0n) is 13.2. The standard InChI is InChI=1S/C18H15F3N2O2/c1-12(24)22-15-6-8-16(9-7-15)23-17(25)10-5-13-3-2-4-14(11-13)18(19,20)21/h2-11H,1H3,(H,22,24)(H,23,25)/b10-5+. The van der Waals surface area contributed by atoms with Crippen molar-refractivity contribution in [2.45, 2.75) is 13.1 Å². The van der Waals surface area contributed by atoms with Crippen LogP contribution in [0.2, 0.25) is 0 Å². The largest absolute Gasteiger partial charge is 0.416 e. The molecule has 2 N–H and O–H groups in total. The van der Waals surface area contributed by atoms with Gasteiger partial charge in [-0.1, -0.05) is 12.1 Å². The maximum absolute atomic E-state index is 12.6. The Morgan fingerprint density at radius 2 is 1.56 bits per heavy atom. The van der Waals surface area contributed by atoms with Gasteiger partial charge in [0, 0.05) is 24.4 Å². The van der Waals surface area contributed by atoms with E-state index in [-0.39, 0.29) is 11.5 Å². The van der Waals surface area contributed by atoms with E-state index in [9.17, 15) is 22.8 Å². The Labute approximate surface area is 142 Å². The number of rotatable bonds is 4. The van der Waals surface area contributed by atoms with Crippen molar-refractivity contribution in [3.05, 3.63) is 65.7 Å². The number of nitrogens with one attached hydrogen (secondary N) is 2. The van der Waals surface area contributed by atoms with E-state index in [1.807, 2.05) is 0 Å². The fourth-order valence-corrected chi connectivity index (χ4v) is 2.01. The van der Waals surface area contributed by atoms with Crippen LogP contribution in [0.15, 0.2) is 54.6 Å². The van der Waals surface area contributed by atoms with E-state index in [4.69, 9.17) is 0 Å². The first-order valence-electron chi connectivity index (χ1n) is 7.28. The quantitative estimate of drug-likeness (QED) is 0.809. The highest BCUT2D eigenvalue weighted by Gasteiger charge is 2.30. The molecule has 0 bridgehead atoms. The zero-order chi connectivity index (χ0) is 18.4. The minimum atomic E-state index is -4.43. The zero-order valence-corrected chi connectivity index (χ0v) is 13.2. The van der Waals surface area contributed by atoms with Crippen LogP contribution in [0.4, 0.5) is 24.5 Å². The first-order chi connectivity index (χ1) is 11.7. The van der Waals surface area contributed by atoms with Crippen molar-refractivity contribution in [3.8, 4) is 0 Å². The van der Waals surface area contributed by atoms with Crippen LogP contribution in [-0.4, -0.2) is 11.8 Å². The molecule has 0 unspecified atom stereocenters. The highest BCUT2D eigenvalue weighted by Crippen LogP contribution is 2.29. The SMILES string of the molecule is CC(=O)Nc1ccc(NC(=O)/C=C/c2cccc(C(F)(F)F)c2)cc1. The van der Waals surface area contributed by atoms with Gasteiger partial charge in [0.1, 0.15) is 0 Å². The second kappa shape index (κ2) is 7.65. The first kappa shape index (κ1) is 18.3. The highest BCUT2D eigenvalue weighted by molar-refractivity contribution is 6.02. The van der Waals surface area contributed by atoms with Crippen molar-refractivity contribution in [1.29, 1.82) is 0 Å². The maximum atomic E-state index is 12.6. The van der Waals surface area contributed by atoms with Gasteiger partial charge in [0.25, 0.3) is 0 Å². The van der Waals surface area contributed by atoms with Gasteiger partial charge in [-0.2, -0.15) is 13.2 Å². The van der Waals surface area contributed by atoms with Gasteiger partial charge in [-0.15, -0.1) is 0 Å². The van der Waals surface area contributed by atoms with Gasteiger partial charge in [-0.25, -0.2) is 0 Å². The van der Waals surface area contributed by atoms with E-state index in [1.165, 1.54) is 25.1 Å². The van der Waals surface area contributed by atoms with Crippen molar-refractivity contribution in [1.82, 2.24) is 0 Å². The predicted molar refractivity (Wildman–Crippen MR) is 89.9 cm³/mol. The molecule has 0 aliphatic heterocycles. The minimum absolute atomic E-state index is 0.208. The number of alkyl halides is 3. The molecule has 2 amide bonds. The fourth-order valence-electron chi connectivity index (χ4n) is 2.01. The fraction of sp³-hybridized carbons (Fsp3) is 0.111. The molecule has 130 valence electrons. The lowest BCUT2D eigenvalue weighted by Crippen LogP contribution is -2.09. The molecule has 0 fully saturated rings. The topological polar surface area (TPSA) is 58.2 Å². The Bertz CT molecular complexity index is 797. The molecule has 0 saturated carbocycles. The van der Waals surface area contributed by atoms with Crippen LogP contribution in [0.5, 0.6) is 0 Å². The predicted octanol–water partition coefficient (Wildman–Crippen LogP) is 4.32. The normalized spacial score (nSPS) is 11.4. The molecule has 2 aromatic rings. The lowest BCUT2D eigenvalue weighted by atomic mass is 10.1. The number of hydrogen-bond donors (Lipinski definition) is 2. The highest BCUT2D eigenvalue weighted by atomic mass is 19.4. The monoisotopic (exact) mass is 348 g/mol. The Morgan fingerprint density at radius 1 is 0.960 bits per heavy atom. The summed E-state index contributed by atoms with van der Waals surface area (Å²) in [6.07, 6.45) is -1.98. The molecule has 0 radical (unpaired) electrons. The molecule has 0 aliphatic rings. The van der Waals surface area contributed by atoms with Crippen LogP contribution in [0, 0.1) is 0 Å². The second-order valence-corrected chi connectivity index (χ2v) is 5.20. The molecule has 7 heteroatoms. The Balaban J connectivity index is 2.00.